The van der Waals surface area contributed by atoms with Gasteiger partial charge in [0.15, 0.2) is 4.34 Å². The zero-order valence-corrected chi connectivity index (χ0v) is 15.2. The molecule has 25 heavy (non-hydrogen) atoms. The van der Waals surface area contributed by atoms with Crippen LogP contribution in [0.1, 0.15) is 17.3 Å². The Morgan fingerprint density at radius 1 is 1.20 bits per heavy atom. The molecule has 0 saturated heterocycles. The van der Waals surface area contributed by atoms with Crippen molar-refractivity contribution in [1.29, 1.82) is 0 Å². The third-order valence-electron chi connectivity index (χ3n) is 3.26. The van der Waals surface area contributed by atoms with Gasteiger partial charge in [0.25, 0.3) is 0 Å². The topological polar surface area (TPSA) is 68.3 Å². The molecule has 0 bridgehead atoms. The monoisotopic (exact) mass is 372 g/mol. The zero-order chi connectivity index (χ0) is 17.6. The van der Waals surface area contributed by atoms with Gasteiger partial charge in [-0.1, -0.05) is 30.0 Å². The van der Waals surface area contributed by atoms with Crippen LogP contribution in [0.5, 0.6) is 0 Å². The van der Waals surface area contributed by atoms with Crippen LogP contribution < -0.4 is 5.32 Å². The van der Waals surface area contributed by atoms with Crippen LogP contribution in [0.15, 0.2) is 52.9 Å². The normalized spacial score (nSPS) is 10.6. The van der Waals surface area contributed by atoms with Gasteiger partial charge in [0, 0.05) is 5.69 Å². The van der Waals surface area contributed by atoms with Gasteiger partial charge in [-0.3, -0.25) is 4.79 Å². The van der Waals surface area contributed by atoms with Crippen molar-refractivity contribution in [1.82, 2.24) is 4.98 Å². The molecule has 5 nitrogen and oxygen atoms in total. The molecule has 1 amide bonds. The van der Waals surface area contributed by atoms with Crippen molar-refractivity contribution in [3.8, 4) is 0 Å². The Hall–Kier alpha value is -2.38. The molecule has 0 radical (unpaired) electrons. The number of hydrogen-bond acceptors (Lipinski definition) is 6. The first-order chi connectivity index (χ1) is 12.2. The minimum absolute atomic E-state index is 0.148. The number of carbonyl (C=O) groups is 2. The third-order valence-corrected chi connectivity index (χ3v) is 5.44. The number of ether oxygens (including phenoxy) is 1. The Balaban J connectivity index is 1.59. The molecule has 1 heterocycles. The fourth-order valence-corrected chi connectivity index (χ4v) is 4.04. The van der Waals surface area contributed by atoms with Crippen molar-refractivity contribution in [3.63, 3.8) is 0 Å². The van der Waals surface area contributed by atoms with Gasteiger partial charge in [-0.05, 0) is 37.3 Å². The largest absolute Gasteiger partial charge is 0.462 e. The number of para-hydroxylation sites is 1. The number of benzene rings is 2. The number of esters is 1. The summed E-state index contributed by atoms with van der Waals surface area (Å²) in [4.78, 5) is 28.4. The van der Waals surface area contributed by atoms with Gasteiger partial charge < -0.3 is 10.1 Å². The lowest BCUT2D eigenvalue weighted by Crippen LogP contribution is -2.14. The van der Waals surface area contributed by atoms with E-state index >= 15 is 0 Å². The molecule has 0 aliphatic rings. The van der Waals surface area contributed by atoms with E-state index in [1.165, 1.54) is 11.8 Å². The van der Waals surface area contributed by atoms with Crippen LogP contribution in [0.4, 0.5) is 5.69 Å². The lowest BCUT2D eigenvalue weighted by atomic mass is 10.2. The molecule has 128 valence electrons. The maximum atomic E-state index is 12.1. The van der Waals surface area contributed by atoms with E-state index in [9.17, 15) is 9.59 Å². The highest BCUT2D eigenvalue weighted by Crippen LogP contribution is 2.29. The summed E-state index contributed by atoms with van der Waals surface area (Å²) >= 11 is 2.96. The Morgan fingerprint density at radius 2 is 2.04 bits per heavy atom. The summed E-state index contributed by atoms with van der Waals surface area (Å²) in [6.45, 7) is 2.07. The van der Waals surface area contributed by atoms with Crippen molar-refractivity contribution in [2.45, 2.75) is 11.3 Å². The first kappa shape index (κ1) is 17.4. The lowest BCUT2D eigenvalue weighted by Gasteiger charge is -2.06. The third kappa shape index (κ3) is 4.58. The van der Waals surface area contributed by atoms with Crippen LogP contribution in [0.2, 0.25) is 0 Å². The number of fused-ring (bicyclic) bond motifs is 1. The SMILES string of the molecule is CCOC(=O)c1cccc(NC(=O)CSc2nc3ccccc3s2)c1. The van der Waals surface area contributed by atoms with E-state index in [0.717, 1.165) is 14.6 Å². The molecule has 7 heteroatoms. The Kier molecular flexibility index (Phi) is 5.67. The van der Waals surface area contributed by atoms with E-state index < -0.39 is 5.97 Å². The minimum Gasteiger partial charge on any atom is -0.462 e. The van der Waals surface area contributed by atoms with Crippen LogP contribution in [0.3, 0.4) is 0 Å². The standard InChI is InChI=1S/C18H16N2O3S2/c1-2-23-17(22)12-6-5-7-13(10-12)19-16(21)11-24-18-20-14-8-3-4-9-15(14)25-18/h3-10H,2,11H2,1H3,(H,19,21). The lowest BCUT2D eigenvalue weighted by molar-refractivity contribution is -0.113. The van der Waals surface area contributed by atoms with Crippen LogP contribution in [0.25, 0.3) is 10.2 Å². The molecule has 0 spiro atoms. The van der Waals surface area contributed by atoms with Crippen molar-refractivity contribution in [3.05, 3.63) is 54.1 Å². The van der Waals surface area contributed by atoms with Gasteiger partial charge in [-0.25, -0.2) is 9.78 Å². The Morgan fingerprint density at radius 3 is 2.84 bits per heavy atom. The van der Waals surface area contributed by atoms with Gasteiger partial charge in [-0.2, -0.15) is 0 Å². The van der Waals surface area contributed by atoms with Gasteiger partial charge in [0.1, 0.15) is 0 Å². The van der Waals surface area contributed by atoms with Crippen molar-refractivity contribution >= 4 is 50.9 Å². The zero-order valence-electron chi connectivity index (χ0n) is 13.5. The predicted octanol–water partition coefficient (Wildman–Crippen LogP) is 4.20. The molecular formula is C18H16N2O3S2. The first-order valence-corrected chi connectivity index (χ1v) is 9.51. The second kappa shape index (κ2) is 8.13. The molecule has 2 aromatic carbocycles. The molecule has 3 aromatic rings. The summed E-state index contributed by atoms with van der Waals surface area (Å²) in [5.41, 5.74) is 1.93. The second-order valence-electron chi connectivity index (χ2n) is 5.09. The minimum atomic E-state index is -0.401. The number of rotatable bonds is 6. The average Bonchev–Trinajstić information content (AvgIpc) is 3.03. The molecule has 0 atom stereocenters. The average molecular weight is 372 g/mol. The smallest absolute Gasteiger partial charge is 0.338 e. The number of hydrogen-bond donors (Lipinski definition) is 1. The summed E-state index contributed by atoms with van der Waals surface area (Å²) in [6, 6.07) is 14.6. The molecule has 0 fully saturated rings. The fraction of sp³-hybridized carbons (Fsp3) is 0.167. The molecule has 0 aliphatic carbocycles. The number of carbonyl (C=O) groups excluding carboxylic acids is 2. The highest BCUT2D eigenvalue weighted by Gasteiger charge is 2.10. The Labute approximate surface area is 153 Å². The molecule has 0 saturated carbocycles. The second-order valence-corrected chi connectivity index (χ2v) is 7.34. The van der Waals surface area contributed by atoms with E-state index in [0.29, 0.717) is 17.9 Å². The van der Waals surface area contributed by atoms with E-state index in [1.54, 1.807) is 42.5 Å². The highest BCUT2D eigenvalue weighted by atomic mass is 32.2. The number of amides is 1. The van der Waals surface area contributed by atoms with Gasteiger partial charge in [0.05, 0.1) is 28.1 Å². The quantitative estimate of drug-likeness (QED) is 0.519. The fourth-order valence-electron chi connectivity index (χ4n) is 2.18. The van der Waals surface area contributed by atoms with E-state index in [2.05, 4.69) is 10.3 Å². The van der Waals surface area contributed by atoms with Gasteiger partial charge in [0.2, 0.25) is 5.91 Å². The van der Waals surface area contributed by atoms with Crippen LogP contribution in [-0.4, -0.2) is 29.2 Å². The number of thiazole rings is 1. The highest BCUT2D eigenvalue weighted by molar-refractivity contribution is 8.01. The van der Waals surface area contributed by atoms with E-state index in [1.807, 2.05) is 24.3 Å². The molecule has 3 rings (SSSR count). The van der Waals surface area contributed by atoms with Crippen LogP contribution in [0, 0.1) is 0 Å². The number of aromatic nitrogens is 1. The van der Waals surface area contributed by atoms with Gasteiger partial charge >= 0.3 is 5.97 Å². The first-order valence-electron chi connectivity index (χ1n) is 7.71. The maximum absolute atomic E-state index is 12.1. The maximum Gasteiger partial charge on any atom is 0.338 e. The molecule has 0 aliphatic heterocycles. The summed E-state index contributed by atoms with van der Waals surface area (Å²) < 4.78 is 6.92. The molecule has 0 unspecified atom stereocenters. The van der Waals surface area contributed by atoms with Crippen LogP contribution in [-0.2, 0) is 9.53 Å². The summed E-state index contributed by atoms with van der Waals surface area (Å²) in [6.07, 6.45) is 0. The number of nitrogens with zero attached hydrogens (tertiary/aromatic N) is 1. The Bertz CT molecular complexity index is 875. The predicted molar refractivity (Wildman–Crippen MR) is 101 cm³/mol. The summed E-state index contributed by atoms with van der Waals surface area (Å²) in [5, 5.41) is 2.79. The van der Waals surface area contributed by atoms with Gasteiger partial charge in [-0.15, -0.1) is 11.3 Å². The number of thioether (sulfide) groups is 1. The molecule has 1 N–H and O–H groups in total. The number of anilines is 1. The molecule has 1 aromatic heterocycles. The van der Waals surface area contributed by atoms with Crippen molar-refractivity contribution in [2.75, 3.05) is 17.7 Å². The number of nitrogens with one attached hydrogen (secondary N) is 1. The molecular weight excluding hydrogens is 356 g/mol. The summed E-state index contributed by atoms with van der Waals surface area (Å²) in [5.74, 6) is -0.295. The van der Waals surface area contributed by atoms with E-state index in [-0.39, 0.29) is 11.7 Å². The summed E-state index contributed by atoms with van der Waals surface area (Å²) in [7, 11) is 0. The van der Waals surface area contributed by atoms with E-state index in [4.69, 9.17) is 4.74 Å². The van der Waals surface area contributed by atoms with Crippen molar-refractivity contribution in [2.24, 2.45) is 0 Å². The van der Waals surface area contributed by atoms with Crippen molar-refractivity contribution < 1.29 is 14.3 Å². The van der Waals surface area contributed by atoms with Crippen LogP contribution >= 0.6 is 23.1 Å².